The Kier molecular flexibility index (Phi) is 6.70. The van der Waals surface area contributed by atoms with Crippen molar-refractivity contribution in [3.05, 3.63) is 34.1 Å². The molecule has 0 fully saturated rings. The molecule has 0 aliphatic rings. The van der Waals surface area contributed by atoms with Crippen LogP contribution >= 0.6 is 15.9 Å². The predicted molar refractivity (Wildman–Crippen MR) is 71.5 cm³/mol. The lowest BCUT2D eigenvalue weighted by Crippen LogP contribution is -2.17. The van der Waals surface area contributed by atoms with Crippen LogP contribution in [0, 0.1) is 5.82 Å². The third-order valence-electron chi connectivity index (χ3n) is 2.28. The highest BCUT2D eigenvalue weighted by Gasteiger charge is 2.00. The smallest absolute Gasteiger partial charge is 0.124 e. The topological polar surface area (TPSA) is 21.3 Å². The summed E-state index contributed by atoms with van der Waals surface area (Å²) in [6.45, 7) is 6.47. The molecule has 0 aliphatic heterocycles. The molecule has 0 bridgehead atoms. The zero-order chi connectivity index (χ0) is 12.7. The Labute approximate surface area is 111 Å². The number of hydrogen-bond donors (Lipinski definition) is 1. The van der Waals surface area contributed by atoms with Gasteiger partial charge in [0.2, 0.25) is 0 Å². The first kappa shape index (κ1) is 14.6. The molecule has 0 aliphatic carbocycles. The Balaban J connectivity index is 2.18. The van der Waals surface area contributed by atoms with Crippen LogP contribution in [0.15, 0.2) is 22.7 Å². The van der Waals surface area contributed by atoms with Crippen LogP contribution in [0.1, 0.15) is 25.8 Å². The molecule has 0 saturated carbocycles. The molecule has 96 valence electrons. The van der Waals surface area contributed by atoms with E-state index in [1.165, 1.54) is 12.1 Å². The molecule has 0 aromatic heterocycles. The van der Waals surface area contributed by atoms with Gasteiger partial charge < -0.3 is 10.1 Å². The number of rotatable bonds is 7. The summed E-state index contributed by atoms with van der Waals surface area (Å²) in [4.78, 5) is 0. The lowest BCUT2D eigenvalue weighted by molar-refractivity contribution is 0.0770. The van der Waals surface area contributed by atoms with Crippen LogP contribution in [-0.4, -0.2) is 19.3 Å². The van der Waals surface area contributed by atoms with E-state index in [1.54, 1.807) is 6.07 Å². The van der Waals surface area contributed by atoms with E-state index in [9.17, 15) is 4.39 Å². The molecule has 2 nitrogen and oxygen atoms in total. The van der Waals surface area contributed by atoms with Gasteiger partial charge in [0.05, 0.1) is 6.10 Å². The number of nitrogens with one attached hydrogen (secondary N) is 1. The van der Waals surface area contributed by atoms with Crippen molar-refractivity contribution in [3.63, 3.8) is 0 Å². The summed E-state index contributed by atoms with van der Waals surface area (Å²) in [6.07, 6.45) is 1.28. The summed E-state index contributed by atoms with van der Waals surface area (Å²) in [6, 6.07) is 4.75. The van der Waals surface area contributed by atoms with Crippen molar-refractivity contribution in [2.45, 2.75) is 32.9 Å². The second-order valence-electron chi connectivity index (χ2n) is 4.19. The Morgan fingerprint density at radius 1 is 1.41 bits per heavy atom. The Bertz CT molecular complexity index is 344. The number of hydrogen-bond acceptors (Lipinski definition) is 2. The van der Waals surface area contributed by atoms with Gasteiger partial charge in [-0.3, -0.25) is 0 Å². The summed E-state index contributed by atoms with van der Waals surface area (Å²) >= 11 is 3.34. The van der Waals surface area contributed by atoms with Crippen LogP contribution in [0.25, 0.3) is 0 Å². The highest BCUT2D eigenvalue weighted by Crippen LogP contribution is 2.17. The van der Waals surface area contributed by atoms with E-state index < -0.39 is 0 Å². The third kappa shape index (κ3) is 6.15. The maximum Gasteiger partial charge on any atom is 0.124 e. The van der Waals surface area contributed by atoms with E-state index in [-0.39, 0.29) is 5.82 Å². The van der Waals surface area contributed by atoms with Gasteiger partial charge in [0.1, 0.15) is 5.82 Å². The van der Waals surface area contributed by atoms with Crippen molar-refractivity contribution in [2.75, 3.05) is 13.2 Å². The Morgan fingerprint density at radius 2 is 2.18 bits per heavy atom. The van der Waals surface area contributed by atoms with Gasteiger partial charge in [-0.15, -0.1) is 0 Å². The highest BCUT2D eigenvalue weighted by atomic mass is 79.9. The molecule has 0 amide bonds. The molecule has 1 aromatic rings. The van der Waals surface area contributed by atoms with Gasteiger partial charge >= 0.3 is 0 Å². The molecule has 0 radical (unpaired) electrons. The second-order valence-corrected chi connectivity index (χ2v) is 5.04. The van der Waals surface area contributed by atoms with E-state index in [2.05, 4.69) is 21.2 Å². The molecule has 0 spiro atoms. The van der Waals surface area contributed by atoms with Crippen molar-refractivity contribution in [1.29, 1.82) is 0 Å². The SMILES string of the molecule is CC(C)OCCCNCc1ccc(F)cc1Br. The number of halogens is 2. The first-order chi connectivity index (χ1) is 8.09. The fraction of sp³-hybridized carbons (Fsp3) is 0.538. The van der Waals surface area contributed by atoms with Crippen LogP contribution < -0.4 is 5.32 Å². The van der Waals surface area contributed by atoms with Crippen molar-refractivity contribution < 1.29 is 9.13 Å². The van der Waals surface area contributed by atoms with Gasteiger partial charge in [-0.2, -0.15) is 0 Å². The van der Waals surface area contributed by atoms with Crippen LogP contribution in [0.5, 0.6) is 0 Å². The predicted octanol–water partition coefficient (Wildman–Crippen LogP) is 3.49. The average Bonchev–Trinajstić information content (AvgIpc) is 2.25. The summed E-state index contributed by atoms with van der Waals surface area (Å²) in [5, 5.41) is 3.30. The summed E-state index contributed by atoms with van der Waals surface area (Å²) in [5.74, 6) is -0.217. The Hall–Kier alpha value is -0.450. The first-order valence-corrected chi connectivity index (χ1v) is 6.65. The molecule has 1 aromatic carbocycles. The molecule has 4 heteroatoms. The minimum absolute atomic E-state index is 0.217. The average molecular weight is 304 g/mol. The molecule has 17 heavy (non-hydrogen) atoms. The van der Waals surface area contributed by atoms with Crippen LogP contribution in [0.4, 0.5) is 4.39 Å². The lowest BCUT2D eigenvalue weighted by Gasteiger charge is -2.09. The van der Waals surface area contributed by atoms with Crippen LogP contribution in [0.2, 0.25) is 0 Å². The van der Waals surface area contributed by atoms with Crippen molar-refractivity contribution in [3.8, 4) is 0 Å². The first-order valence-electron chi connectivity index (χ1n) is 5.86. The van der Waals surface area contributed by atoms with E-state index >= 15 is 0 Å². The maximum atomic E-state index is 12.8. The van der Waals surface area contributed by atoms with Gasteiger partial charge in [0.15, 0.2) is 0 Å². The summed E-state index contributed by atoms with van der Waals surface area (Å²) in [7, 11) is 0. The van der Waals surface area contributed by atoms with Crippen LogP contribution in [0.3, 0.4) is 0 Å². The zero-order valence-corrected chi connectivity index (χ0v) is 11.9. The lowest BCUT2D eigenvalue weighted by atomic mass is 10.2. The minimum Gasteiger partial charge on any atom is -0.379 e. The fourth-order valence-electron chi connectivity index (χ4n) is 1.40. The fourth-order valence-corrected chi connectivity index (χ4v) is 1.90. The molecule has 0 heterocycles. The molecule has 0 unspecified atom stereocenters. The Morgan fingerprint density at radius 3 is 2.82 bits per heavy atom. The van der Waals surface area contributed by atoms with Gasteiger partial charge in [-0.05, 0) is 44.5 Å². The van der Waals surface area contributed by atoms with Gasteiger partial charge in [-0.1, -0.05) is 22.0 Å². The highest BCUT2D eigenvalue weighted by molar-refractivity contribution is 9.10. The van der Waals surface area contributed by atoms with Gasteiger partial charge in [-0.25, -0.2) is 4.39 Å². The zero-order valence-electron chi connectivity index (χ0n) is 10.3. The van der Waals surface area contributed by atoms with E-state index in [0.29, 0.717) is 6.10 Å². The van der Waals surface area contributed by atoms with Crippen molar-refractivity contribution >= 4 is 15.9 Å². The van der Waals surface area contributed by atoms with E-state index in [4.69, 9.17) is 4.74 Å². The van der Waals surface area contributed by atoms with Gasteiger partial charge in [0.25, 0.3) is 0 Å². The monoisotopic (exact) mass is 303 g/mol. The normalized spacial score (nSPS) is 11.1. The summed E-state index contributed by atoms with van der Waals surface area (Å²) < 4.78 is 19.1. The van der Waals surface area contributed by atoms with E-state index in [0.717, 1.165) is 36.2 Å². The van der Waals surface area contributed by atoms with Crippen LogP contribution in [-0.2, 0) is 11.3 Å². The maximum absolute atomic E-state index is 12.8. The van der Waals surface area contributed by atoms with Gasteiger partial charge in [0, 0.05) is 17.6 Å². The molecular weight excluding hydrogens is 285 g/mol. The largest absolute Gasteiger partial charge is 0.379 e. The summed E-state index contributed by atoms with van der Waals surface area (Å²) in [5.41, 5.74) is 1.07. The molecule has 1 N–H and O–H groups in total. The number of ether oxygens (including phenoxy) is 1. The minimum atomic E-state index is -0.217. The standard InChI is InChI=1S/C13H19BrFNO/c1-10(2)17-7-3-6-16-9-11-4-5-12(15)8-13(11)14/h4-5,8,10,16H,3,6-7,9H2,1-2H3. The van der Waals surface area contributed by atoms with E-state index in [1.807, 2.05) is 13.8 Å². The van der Waals surface area contributed by atoms with Crippen molar-refractivity contribution in [1.82, 2.24) is 5.32 Å². The number of benzene rings is 1. The molecular formula is C13H19BrFNO. The molecule has 0 atom stereocenters. The molecule has 1 rings (SSSR count). The second kappa shape index (κ2) is 7.80. The third-order valence-corrected chi connectivity index (χ3v) is 3.02. The quantitative estimate of drug-likeness (QED) is 0.779. The van der Waals surface area contributed by atoms with Crippen molar-refractivity contribution in [2.24, 2.45) is 0 Å². The molecule has 0 saturated heterocycles.